The first-order valence-corrected chi connectivity index (χ1v) is 5.29. The Labute approximate surface area is 76.0 Å². The number of imidazole rings is 1. The zero-order valence-corrected chi connectivity index (χ0v) is 8.39. The number of thioether (sulfide) groups is 1. The van der Waals surface area contributed by atoms with Gasteiger partial charge in [-0.15, -0.1) is 0 Å². The monoisotopic (exact) mass is 188 g/mol. The molecule has 0 atom stereocenters. The van der Waals surface area contributed by atoms with Crippen molar-refractivity contribution in [1.82, 2.24) is 9.55 Å². The largest absolute Gasteiger partial charge is 0.337 e. The predicted molar refractivity (Wildman–Crippen MR) is 52.7 cm³/mol. The summed E-state index contributed by atoms with van der Waals surface area (Å²) in [5.41, 5.74) is 1.21. The quantitative estimate of drug-likeness (QED) is 0.734. The van der Waals surface area contributed by atoms with E-state index in [2.05, 4.69) is 22.7 Å². The van der Waals surface area contributed by atoms with E-state index in [1.54, 1.807) is 0 Å². The zero-order chi connectivity index (χ0) is 8.27. The lowest BCUT2D eigenvalue weighted by atomic mass is 10.5. The van der Waals surface area contributed by atoms with Crippen molar-refractivity contribution >= 4 is 24.0 Å². The Bertz CT molecular complexity index is 274. The van der Waals surface area contributed by atoms with Gasteiger partial charge < -0.3 is 9.55 Å². The van der Waals surface area contributed by atoms with Gasteiger partial charge in [0.2, 0.25) is 0 Å². The maximum absolute atomic E-state index is 5.08. The van der Waals surface area contributed by atoms with Crippen molar-refractivity contribution in [1.29, 1.82) is 0 Å². The van der Waals surface area contributed by atoms with Gasteiger partial charge in [-0.25, -0.2) is 0 Å². The van der Waals surface area contributed by atoms with Gasteiger partial charge >= 0.3 is 0 Å². The normalized spacial score (nSPS) is 10.4. The summed E-state index contributed by atoms with van der Waals surface area (Å²) in [6.07, 6.45) is 4.05. The number of aryl methyl sites for hydroxylation is 1. The maximum atomic E-state index is 5.08. The van der Waals surface area contributed by atoms with E-state index in [1.165, 1.54) is 5.69 Å². The van der Waals surface area contributed by atoms with Crippen LogP contribution in [0.2, 0.25) is 0 Å². The van der Waals surface area contributed by atoms with Crippen LogP contribution in [0.15, 0.2) is 6.20 Å². The van der Waals surface area contributed by atoms with Crippen LogP contribution in [0.25, 0.3) is 0 Å². The van der Waals surface area contributed by atoms with Crippen molar-refractivity contribution in [2.45, 2.75) is 13.5 Å². The minimum absolute atomic E-state index is 0.830. The molecule has 1 N–H and O–H groups in total. The molecule has 0 fully saturated rings. The van der Waals surface area contributed by atoms with E-state index in [0.29, 0.717) is 0 Å². The highest BCUT2D eigenvalue weighted by atomic mass is 32.2. The third-order valence-corrected chi connectivity index (χ3v) is 2.52. The van der Waals surface area contributed by atoms with Crippen LogP contribution in [0.1, 0.15) is 5.69 Å². The fraction of sp³-hybridized carbons (Fsp3) is 0.571. The molecule has 0 aliphatic heterocycles. The molecule has 0 radical (unpaired) electrons. The first-order chi connectivity index (χ1) is 5.25. The second kappa shape index (κ2) is 3.97. The Morgan fingerprint density at radius 1 is 1.73 bits per heavy atom. The van der Waals surface area contributed by atoms with Gasteiger partial charge in [0.15, 0.2) is 4.77 Å². The molecule has 0 amide bonds. The van der Waals surface area contributed by atoms with Gasteiger partial charge in [-0.1, -0.05) is 0 Å². The number of H-pyrrole nitrogens is 1. The van der Waals surface area contributed by atoms with E-state index in [0.717, 1.165) is 17.1 Å². The first kappa shape index (κ1) is 8.87. The third kappa shape index (κ3) is 2.10. The van der Waals surface area contributed by atoms with Gasteiger partial charge in [0.05, 0.1) is 0 Å². The molecule has 11 heavy (non-hydrogen) atoms. The Morgan fingerprint density at radius 3 is 2.91 bits per heavy atom. The second-order valence-corrected chi connectivity index (χ2v) is 3.75. The molecule has 0 aliphatic rings. The number of nitrogens with one attached hydrogen (secondary N) is 1. The molecular formula is C7H12N2S2. The molecule has 0 bridgehead atoms. The van der Waals surface area contributed by atoms with Crippen LogP contribution >= 0.6 is 24.0 Å². The number of nitrogens with zero attached hydrogens (tertiary/aromatic N) is 1. The summed E-state index contributed by atoms with van der Waals surface area (Å²) in [6, 6.07) is 0. The highest BCUT2D eigenvalue weighted by Gasteiger charge is 1.96. The van der Waals surface area contributed by atoms with Crippen molar-refractivity contribution in [3.8, 4) is 0 Å². The zero-order valence-electron chi connectivity index (χ0n) is 6.76. The van der Waals surface area contributed by atoms with Crippen molar-refractivity contribution in [2.75, 3.05) is 12.0 Å². The number of aromatic nitrogens is 2. The van der Waals surface area contributed by atoms with E-state index < -0.39 is 0 Å². The molecule has 0 aliphatic carbocycles. The van der Waals surface area contributed by atoms with Gasteiger partial charge in [0.25, 0.3) is 0 Å². The lowest BCUT2D eigenvalue weighted by molar-refractivity contribution is 0.734. The van der Waals surface area contributed by atoms with Crippen LogP contribution in [0.5, 0.6) is 0 Å². The average Bonchev–Trinajstić information content (AvgIpc) is 2.29. The molecule has 1 rings (SSSR count). The fourth-order valence-electron chi connectivity index (χ4n) is 0.943. The van der Waals surface area contributed by atoms with Crippen LogP contribution in [-0.4, -0.2) is 21.6 Å². The SMILES string of the molecule is CSCCn1c(C)c[nH]c1=S. The summed E-state index contributed by atoms with van der Waals surface area (Å²) < 4.78 is 2.95. The van der Waals surface area contributed by atoms with Crippen molar-refractivity contribution in [3.63, 3.8) is 0 Å². The van der Waals surface area contributed by atoms with E-state index in [1.807, 2.05) is 18.0 Å². The van der Waals surface area contributed by atoms with Crippen molar-refractivity contribution in [3.05, 3.63) is 16.7 Å². The smallest absolute Gasteiger partial charge is 0.177 e. The summed E-state index contributed by atoms with van der Waals surface area (Å²) in [6.45, 7) is 3.07. The standard InChI is InChI=1S/C7H12N2S2/c1-6-5-8-7(10)9(6)3-4-11-2/h5H,3-4H2,1-2H3,(H,8,10). The number of hydrogen-bond acceptors (Lipinski definition) is 2. The predicted octanol–water partition coefficient (Wildman–Crippen LogP) is 2.22. The molecule has 0 spiro atoms. The van der Waals surface area contributed by atoms with Crippen molar-refractivity contribution in [2.24, 2.45) is 0 Å². The summed E-state index contributed by atoms with van der Waals surface area (Å²) in [5.74, 6) is 1.12. The molecule has 62 valence electrons. The maximum Gasteiger partial charge on any atom is 0.177 e. The summed E-state index contributed by atoms with van der Waals surface area (Å²) in [5, 5.41) is 0. The van der Waals surface area contributed by atoms with Gasteiger partial charge in [-0.3, -0.25) is 0 Å². The number of aromatic amines is 1. The Hall–Kier alpha value is -0.220. The van der Waals surface area contributed by atoms with Crippen LogP contribution in [0.4, 0.5) is 0 Å². The van der Waals surface area contributed by atoms with E-state index >= 15 is 0 Å². The minimum Gasteiger partial charge on any atom is -0.337 e. The second-order valence-electron chi connectivity index (χ2n) is 2.38. The van der Waals surface area contributed by atoms with Crippen LogP contribution < -0.4 is 0 Å². The van der Waals surface area contributed by atoms with Gasteiger partial charge in [-0.2, -0.15) is 11.8 Å². The van der Waals surface area contributed by atoms with Gasteiger partial charge in [0.1, 0.15) is 0 Å². The summed E-state index contributed by atoms with van der Waals surface area (Å²) >= 11 is 6.92. The average molecular weight is 188 g/mol. The number of hydrogen-bond donors (Lipinski definition) is 1. The first-order valence-electron chi connectivity index (χ1n) is 3.49. The van der Waals surface area contributed by atoms with E-state index in [-0.39, 0.29) is 0 Å². The van der Waals surface area contributed by atoms with Crippen LogP contribution in [0, 0.1) is 11.7 Å². The molecule has 4 heteroatoms. The van der Waals surface area contributed by atoms with E-state index in [9.17, 15) is 0 Å². The highest BCUT2D eigenvalue weighted by Crippen LogP contribution is 2.02. The Morgan fingerprint density at radius 2 is 2.45 bits per heavy atom. The molecule has 0 unspecified atom stereocenters. The Balaban J connectivity index is 2.75. The van der Waals surface area contributed by atoms with Crippen LogP contribution in [0.3, 0.4) is 0 Å². The molecular weight excluding hydrogens is 176 g/mol. The number of rotatable bonds is 3. The lowest BCUT2D eigenvalue weighted by Gasteiger charge is -2.01. The molecule has 2 nitrogen and oxygen atoms in total. The molecule has 0 aromatic carbocycles. The van der Waals surface area contributed by atoms with Gasteiger partial charge in [0, 0.05) is 24.2 Å². The summed E-state index contributed by atoms with van der Waals surface area (Å²) in [4.78, 5) is 3.01. The molecule has 1 heterocycles. The summed E-state index contributed by atoms with van der Waals surface area (Å²) in [7, 11) is 0. The fourth-order valence-corrected chi connectivity index (χ4v) is 1.60. The van der Waals surface area contributed by atoms with Crippen molar-refractivity contribution < 1.29 is 0 Å². The Kier molecular flexibility index (Phi) is 3.20. The molecule has 1 aromatic heterocycles. The van der Waals surface area contributed by atoms with Gasteiger partial charge in [-0.05, 0) is 25.4 Å². The lowest BCUT2D eigenvalue weighted by Crippen LogP contribution is -2.01. The highest BCUT2D eigenvalue weighted by molar-refractivity contribution is 7.98. The topological polar surface area (TPSA) is 20.7 Å². The van der Waals surface area contributed by atoms with E-state index in [4.69, 9.17) is 12.2 Å². The van der Waals surface area contributed by atoms with Crippen LogP contribution in [-0.2, 0) is 6.54 Å². The molecule has 0 saturated heterocycles. The molecule has 1 aromatic rings. The third-order valence-electron chi connectivity index (χ3n) is 1.59. The minimum atomic E-state index is 0.830. The molecule has 0 saturated carbocycles.